The quantitative estimate of drug-likeness (QED) is 0.749. The molecular weight excluding hydrogens is 308 g/mol. The van der Waals surface area contributed by atoms with Gasteiger partial charge < -0.3 is 10.2 Å². The Hall–Kier alpha value is -0.240. The molecule has 0 aromatic heterocycles. The van der Waals surface area contributed by atoms with E-state index in [-0.39, 0.29) is 0 Å². The predicted octanol–water partition coefficient (Wildman–Crippen LogP) is 3.13. The normalized spacial score (nSPS) is 27.1. The highest BCUT2D eigenvalue weighted by atomic mass is 17.4. The van der Waals surface area contributed by atoms with Crippen molar-refractivity contribution in [2.24, 2.45) is 0 Å². The fourth-order valence-electron chi connectivity index (χ4n) is 3.98. The average molecular weight is 342 g/mol. The van der Waals surface area contributed by atoms with Crippen LogP contribution in [-0.2, 0) is 19.6 Å². The largest absolute Gasteiger partial charge is 0.313 e. The maximum Gasteiger partial charge on any atom is 0.234 e. The SMILES string of the molecule is CCN(CC)CCNC1CCC2(CC1)OOC1(CCCCC1)OO2. The van der Waals surface area contributed by atoms with Gasteiger partial charge in [0.25, 0.3) is 0 Å². The van der Waals surface area contributed by atoms with Crippen molar-refractivity contribution in [1.82, 2.24) is 10.2 Å². The lowest BCUT2D eigenvalue weighted by Gasteiger charge is -2.46. The molecule has 0 aromatic carbocycles. The van der Waals surface area contributed by atoms with E-state index in [0.29, 0.717) is 6.04 Å². The lowest BCUT2D eigenvalue weighted by Crippen LogP contribution is -2.54. The maximum absolute atomic E-state index is 5.74. The molecule has 0 radical (unpaired) electrons. The van der Waals surface area contributed by atoms with Gasteiger partial charge in [0.05, 0.1) is 0 Å². The molecule has 0 aromatic rings. The molecule has 140 valence electrons. The second-order valence-electron chi connectivity index (χ2n) is 7.47. The molecule has 6 heteroatoms. The van der Waals surface area contributed by atoms with Crippen LogP contribution in [0.15, 0.2) is 0 Å². The first-order valence-electron chi connectivity index (χ1n) is 9.89. The van der Waals surface area contributed by atoms with Crippen molar-refractivity contribution in [1.29, 1.82) is 0 Å². The molecule has 3 rings (SSSR count). The van der Waals surface area contributed by atoms with Crippen LogP contribution in [0.3, 0.4) is 0 Å². The Kier molecular flexibility index (Phi) is 6.51. The van der Waals surface area contributed by atoms with E-state index in [9.17, 15) is 0 Å². The molecule has 2 saturated carbocycles. The Bertz CT molecular complexity index is 363. The Morgan fingerprint density at radius 3 is 1.92 bits per heavy atom. The molecule has 0 unspecified atom stereocenters. The highest BCUT2D eigenvalue weighted by Gasteiger charge is 2.50. The zero-order chi connectivity index (χ0) is 16.9. The summed E-state index contributed by atoms with van der Waals surface area (Å²) in [5.74, 6) is -1.35. The van der Waals surface area contributed by atoms with Gasteiger partial charge in [-0.15, -0.1) is 0 Å². The van der Waals surface area contributed by atoms with Crippen LogP contribution in [0, 0.1) is 0 Å². The van der Waals surface area contributed by atoms with Gasteiger partial charge in [-0.3, -0.25) is 0 Å². The van der Waals surface area contributed by atoms with Crippen molar-refractivity contribution in [2.45, 2.75) is 89.3 Å². The molecule has 1 heterocycles. The van der Waals surface area contributed by atoms with Crippen LogP contribution in [-0.4, -0.2) is 48.7 Å². The Labute approximate surface area is 146 Å². The minimum Gasteiger partial charge on any atom is -0.313 e. The van der Waals surface area contributed by atoms with Crippen molar-refractivity contribution in [3.8, 4) is 0 Å². The molecule has 0 bridgehead atoms. The number of hydrogen-bond donors (Lipinski definition) is 1. The number of nitrogens with zero attached hydrogens (tertiary/aromatic N) is 1. The first-order chi connectivity index (χ1) is 11.7. The van der Waals surface area contributed by atoms with Crippen LogP contribution >= 0.6 is 0 Å². The van der Waals surface area contributed by atoms with E-state index in [1.807, 2.05) is 0 Å². The molecule has 3 aliphatic rings. The van der Waals surface area contributed by atoms with E-state index in [1.165, 1.54) is 6.42 Å². The van der Waals surface area contributed by atoms with Crippen LogP contribution < -0.4 is 5.32 Å². The van der Waals surface area contributed by atoms with Crippen LogP contribution in [0.5, 0.6) is 0 Å². The maximum atomic E-state index is 5.74. The van der Waals surface area contributed by atoms with Crippen LogP contribution in [0.2, 0.25) is 0 Å². The number of hydrogen-bond acceptors (Lipinski definition) is 6. The van der Waals surface area contributed by atoms with Gasteiger partial charge in [-0.25, -0.2) is 0 Å². The highest BCUT2D eigenvalue weighted by molar-refractivity contribution is 4.84. The summed E-state index contributed by atoms with van der Waals surface area (Å²) in [5.41, 5.74) is 0. The molecule has 3 fully saturated rings. The third-order valence-electron chi connectivity index (χ3n) is 5.81. The number of nitrogens with one attached hydrogen (secondary N) is 1. The topological polar surface area (TPSA) is 52.2 Å². The molecule has 24 heavy (non-hydrogen) atoms. The van der Waals surface area contributed by atoms with Gasteiger partial charge in [-0.05, 0) is 38.8 Å². The van der Waals surface area contributed by atoms with Crippen LogP contribution in [0.25, 0.3) is 0 Å². The van der Waals surface area contributed by atoms with Crippen molar-refractivity contribution in [3.05, 3.63) is 0 Å². The smallest absolute Gasteiger partial charge is 0.234 e. The molecule has 1 N–H and O–H groups in total. The van der Waals surface area contributed by atoms with Gasteiger partial charge in [0, 0.05) is 44.8 Å². The summed E-state index contributed by atoms with van der Waals surface area (Å²) in [5, 5.41) is 3.67. The monoisotopic (exact) mass is 342 g/mol. The summed E-state index contributed by atoms with van der Waals surface area (Å²) in [6.07, 6.45) is 8.85. The van der Waals surface area contributed by atoms with E-state index in [1.54, 1.807) is 0 Å². The second kappa shape index (κ2) is 8.43. The molecule has 2 aliphatic carbocycles. The fourth-order valence-corrected chi connectivity index (χ4v) is 3.98. The predicted molar refractivity (Wildman–Crippen MR) is 90.9 cm³/mol. The summed E-state index contributed by atoms with van der Waals surface area (Å²) >= 11 is 0. The van der Waals surface area contributed by atoms with E-state index in [2.05, 4.69) is 24.1 Å². The molecule has 1 saturated heterocycles. The third kappa shape index (κ3) is 4.48. The molecule has 0 atom stereocenters. The minimum absolute atomic E-state index is 0.531. The zero-order valence-corrected chi connectivity index (χ0v) is 15.3. The summed E-state index contributed by atoms with van der Waals surface area (Å²) < 4.78 is 0. The van der Waals surface area contributed by atoms with Gasteiger partial charge >= 0.3 is 0 Å². The van der Waals surface area contributed by atoms with E-state index in [0.717, 1.165) is 77.5 Å². The Morgan fingerprint density at radius 1 is 0.833 bits per heavy atom. The summed E-state index contributed by atoms with van der Waals surface area (Å²) in [7, 11) is 0. The van der Waals surface area contributed by atoms with Crippen molar-refractivity contribution < 1.29 is 19.6 Å². The minimum atomic E-state index is -0.695. The molecule has 0 amide bonds. The standard InChI is InChI=1S/C18H34N2O4/c1-3-20(4-2)15-14-19-16-8-12-18(13-9-16)23-21-17(22-24-18)10-6-5-7-11-17/h16,19H,3-15H2,1-2H3. The van der Waals surface area contributed by atoms with E-state index in [4.69, 9.17) is 19.6 Å². The van der Waals surface area contributed by atoms with E-state index >= 15 is 0 Å². The van der Waals surface area contributed by atoms with Crippen molar-refractivity contribution in [2.75, 3.05) is 26.2 Å². The van der Waals surface area contributed by atoms with Gasteiger partial charge in [-0.1, -0.05) is 20.3 Å². The Morgan fingerprint density at radius 2 is 1.38 bits per heavy atom. The first kappa shape index (κ1) is 18.5. The van der Waals surface area contributed by atoms with Crippen molar-refractivity contribution in [3.63, 3.8) is 0 Å². The molecule has 1 aliphatic heterocycles. The lowest BCUT2D eigenvalue weighted by molar-refractivity contribution is -0.662. The third-order valence-corrected chi connectivity index (χ3v) is 5.81. The highest BCUT2D eigenvalue weighted by Crippen LogP contribution is 2.43. The first-order valence-corrected chi connectivity index (χ1v) is 9.89. The van der Waals surface area contributed by atoms with Crippen LogP contribution in [0.4, 0.5) is 0 Å². The summed E-state index contributed by atoms with van der Waals surface area (Å²) in [6.45, 7) is 8.80. The van der Waals surface area contributed by atoms with Gasteiger partial charge in [0.2, 0.25) is 11.6 Å². The number of likely N-dealkylation sites (N-methyl/N-ethyl adjacent to an activating group) is 1. The Balaban J connectivity index is 1.38. The van der Waals surface area contributed by atoms with Crippen LogP contribution in [0.1, 0.15) is 71.6 Å². The van der Waals surface area contributed by atoms with Gasteiger partial charge in [0.1, 0.15) is 0 Å². The van der Waals surface area contributed by atoms with Gasteiger partial charge in [-0.2, -0.15) is 19.6 Å². The second-order valence-corrected chi connectivity index (χ2v) is 7.47. The molecule has 6 nitrogen and oxygen atoms in total. The zero-order valence-electron chi connectivity index (χ0n) is 15.3. The lowest BCUT2D eigenvalue weighted by atomic mass is 9.90. The summed E-state index contributed by atoms with van der Waals surface area (Å²) in [4.78, 5) is 25.3. The fraction of sp³-hybridized carbons (Fsp3) is 1.00. The average Bonchev–Trinajstić information content (AvgIpc) is 2.64. The van der Waals surface area contributed by atoms with E-state index < -0.39 is 11.6 Å². The number of rotatable bonds is 6. The molecule has 2 spiro atoms. The van der Waals surface area contributed by atoms with Gasteiger partial charge in [0.15, 0.2) is 0 Å². The molecular formula is C18H34N2O4. The van der Waals surface area contributed by atoms with Crippen molar-refractivity contribution >= 4 is 0 Å². The summed E-state index contributed by atoms with van der Waals surface area (Å²) in [6, 6.07) is 0.531.